The van der Waals surface area contributed by atoms with Crippen LogP contribution in [0, 0.1) is 6.92 Å². The Labute approximate surface area is 172 Å². The molecule has 0 N–H and O–H groups in total. The van der Waals surface area contributed by atoms with Crippen molar-refractivity contribution in [3.05, 3.63) is 59.4 Å². The zero-order chi connectivity index (χ0) is 20.2. The van der Waals surface area contributed by atoms with E-state index in [1.807, 2.05) is 36.1 Å². The molecule has 2 fully saturated rings. The summed E-state index contributed by atoms with van der Waals surface area (Å²) in [4.78, 5) is 22.3. The van der Waals surface area contributed by atoms with Crippen molar-refractivity contribution in [2.75, 3.05) is 39.9 Å². The standard InChI is InChI=1S/C23H29N3O3/c1-17-14-19(20(28-2)15-24-17)23(27)26-12-13-29-21(16-25-10-6-7-11-25)22(26)18-8-4-3-5-9-18/h3-5,8-9,14-15,21-22H,6-7,10-13,16H2,1-2H3/t21-,22-/m0/s1. The molecule has 2 aliphatic rings. The van der Waals surface area contributed by atoms with Gasteiger partial charge in [0.2, 0.25) is 0 Å². The maximum Gasteiger partial charge on any atom is 0.258 e. The number of methoxy groups -OCH3 is 1. The Morgan fingerprint density at radius 1 is 1.21 bits per heavy atom. The van der Waals surface area contributed by atoms with E-state index in [1.54, 1.807) is 13.3 Å². The highest BCUT2D eigenvalue weighted by Crippen LogP contribution is 2.33. The fourth-order valence-corrected chi connectivity index (χ4v) is 4.41. The molecule has 0 bridgehead atoms. The van der Waals surface area contributed by atoms with Gasteiger partial charge in [0, 0.05) is 18.8 Å². The lowest BCUT2D eigenvalue weighted by atomic mass is 9.96. The van der Waals surface area contributed by atoms with Crippen LogP contribution in [0.25, 0.3) is 0 Å². The van der Waals surface area contributed by atoms with Crippen LogP contribution in [0.4, 0.5) is 0 Å². The fraction of sp³-hybridized carbons (Fsp3) is 0.478. The van der Waals surface area contributed by atoms with E-state index in [1.165, 1.54) is 12.8 Å². The number of rotatable bonds is 5. The van der Waals surface area contributed by atoms with Crippen molar-refractivity contribution in [1.29, 1.82) is 0 Å². The number of benzene rings is 1. The predicted octanol–water partition coefficient (Wildman–Crippen LogP) is 3.08. The van der Waals surface area contributed by atoms with Crippen molar-refractivity contribution in [2.45, 2.75) is 31.9 Å². The number of nitrogens with zero attached hydrogens (tertiary/aromatic N) is 3. The molecule has 6 nitrogen and oxygen atoms in total. The summed E-state index contributed by atoms with van der Waals surface area (Å²) < 4.78 is 11.7. The monoisotopic (exact) mass is 395 g/mol. The normalized spacial score (nSPS) is 22.6. The summed E-state index contributed by atoms with van der Waals surface area (Å²) in [5.74, 6) is 0.478. The Hall–Kier alpha value is -2.44. The van der Waals surface area contributed by atoms with Crippen LogP contribution in [0.2, 0.25) is 0 Å². The van der Waals surface area contributed by atoms with Crippen LogP contribution in [0.15, 0.2) is 42.6 Å². The number of carbonyl (C=O) groups is 1. The molecule has 1 amide bonds. The molecule has 0 aliphatic carbocycles. The number of ether oxygens (including phenoxy) is 2. The Kier molecular flexibility index (Phi) is 6.11. The molecule has 0 unspecified atom stereocenters. The average Bonchev–Trinajstić information content (AvgIpc) is 3.27. The first-order valence-corrected chi connectivity index (χ1v) is 10.4. The number of hydrogen-bond donors (Lipinski definition) is 0. The molecule has 4 rings (SSSR count). The van der Waals surface area contributed by atoms with Gasteiger partial charge in [0.25, 0.3) is 5.91 Å². The maximum atomic E-state index is 13.6. The summed E-state index contributed by atoms with van der Waals surface area (Å²) in [7, 11) is 1.58. The Morgan fingerprint density at radius 3 is 2.69 bits per heavy atom. The number of pyridine rings is 1. The molecular weight excluding hydrogens is 366 g/mol. The third-order valence-electron chi connectivity index (χ3n) is 5.85. The van der Waals surface area contributed by atoms with E-state index in [9.17, 15) is 4.79 Å². The van der Waals surface area contributed by atoms with Crippen molar-refractivity contribution in [2.24, 2.45) is 0 Å². The average molecular weight is 396 g/mol. The molecule has 6 heteroatoms. The van der Waals surface area contributed by atoms with E-state index < -0.39 is 0 Å². The third kappa shape index (κ3) is 4.28. The van der Waals surface area contributed by atoms with Gasteiger partial charge in [0.1, 0.15) is 5.75 Å². The lowest BCUT2D eigenvalue weighted by Gasteiger charge is -2.43. The number of likely N-dealkylation sites (tertiary alicyclic amines) is 1. The van der Waals surface area contributed by atoms with Crippen LogP contribution in [-0.4, -0.2) is 66.7 Å². The van der Waals surface area contributed by atoms with Crippen LogP contribution in [-0.2, 0) is 4.74 Å². The maximum absolute atomic E-state index is 13.6. The second kappa shape index (κ2) is 8.93. The van der Waals surface area contributed by atoms with Gasteiger partial charge in [-0.15, -0.1) is 0 Å². The molecule has 1 aromatic carbocycles. The summed E-state index contributed by atoms with van der Waals surface area (Å²) in [5.41, 5.74) is 2.46. The van der Waals surface area contributed by atoms with E-state index in [0.29, 0.717) is 24.5 Å². The van der Waals surface area contributed by atoms with Gasteiger partial charge in [-0.25, -0.2) is 0 Å². The molecule has 3 heterocycles. The lowest BCUT2D eigenvalue weighted by Crippen LogP contribution is -2.51. The summed E-state index contributed by atoms with van der Waals surface area (Å²) >= 11 is 0. The van der Waals surface area contributed by atoms with Gasteiger partial charge in [-0.2, -0.15) is 0 Å². The van der Waals surface area contributed by atoms with Gasteiger partial charge >= 0.3 is 0 Å². The SMILES string of the molecule is COc1cnc(C)cc1C(=O)N1CCO[C@@H](CN2CCCC2)[C@@H]1c1ccccc1. The molecule has 2 saturated heterocycles. The second-order valence-corrected chi connectivity index (χ2v) is 7.80. The number of amides is 1. The van der Waals surface area contributed by atoms with Gasteiger partial charge in [0.05, 0.1) is 37.6 Å². The number of carbonyl (C=O) groups excluding carboxylic acids is 1. The minimum Gasteiger partial charge on any atom is -0.494 e. The highest BCUT2D eigenvalue weighted by Gasteiger charge is 2.38. The van der Waals surface area contributed by atoms with E-state index in [4.69, 9.17) is 9.47 Å². The smallest absolute Gasteiger partial charge is 0.258 e. The number of aryl methyl sites for hydroxylation is 1. The molecule has 0 spiro atoms. The van der Waals surface area contributed by atoms with Crippen LogP contribution in [0.3, 0.4) is 0 Å². The molecule has 1 aromatic heterocycles. The van der Waals surface area contributed by atoms with Gasteiger partial charge in [0.15, 0.2) is 0 Å². The third-order valence-corrected chi connectivity index (χ3v) is 5.85. The van der Waals surface area contributed by atoms with E-state index >= 15 is 0 Å². The molecular formula is C23H29N3O3. The number of aromatic nitrogens is 1. The second-order valence-electron chi connectivity index (χ2n) is 7.80. The van der Waals surface area contributed by atoms with E-state index in [-0.39, 0.29) is 18.1 Å². The topological polar surface area (TPSA) is 54.9 Å². The number of morpholine rings is 1. The minimum atomic E-state index is -0.128. The first-order valence-electron chi connectivity index (χ1n) is 10.4. The van der Waals surface area contributed by atoms with Gasteiger partial charge in [-0.05, 0) is 44.5 Å². The van der Waals surface area contributed by atoms with Crippen molar-refractivity contribution in [3.8, 4) is 5.75 Å². The molecule has 154 valence electrons. The molecule has 0 saturated carbocycles. The predicted molar refractivity (Wildman–Crippen MR) is 111 cm³/mol. The summed E-state index contributed by atoms with van der Waals surface area (Å²) in [6, 6.07) is 11.9. The minimum absolute atomic E-state index is 0.0316. The van der Waals surface area contributed by atoms with E-state index in [2.05, 4.69) is 22.0 Å². The lowest BCUT2D eigenvalue weighted by molar-refractivity contribution is -0.0707. The molecule has 2 atom stereocenters. The van der Waals surface area contributed by atoms with Crippen LogP contribution < -0.4 is 4.74 Å². The van der Waals surface area contributed by atoms with Crippen molar-refractivity contribution in [1.82, 2.24) is 14.8 Å². The fourth-order valence-electron chi connectivity index (χ4n) is 4.41. The zero-order valence-corrected chi connectivity index (χ0v) is 17.2. The zero-order valence-electron chi connectivity index (χ0n) is 17.2. The van der Waals surface area contributed by atoms with E-state index in [0.717, 1.165) is 30.9 Å². The molecule has 29 heavy (non-hydrogen) atoms. The van der Waals surface area contributed by atoms with Gasteiger partial charge < -0.3 is 19.3 Å². The van der Waals surface area contributed by atoms with Gasteiger partial charge in [-0.3, -0.25) is 9.78 Å². The van der Waals surface area contributed by atoms with Crippen molar-refractivity contribution >= 4 is 5.91 Å². The van der Waals surface area contributed by atoms with Crippen molar-refractivity contribution < 1.29 is 14.3 Å². The Bertz CT molecular complexity index is 837. The summed E-state index contributed by atoms with van der Waals surface area (Å²) in [6.45, 7) is 6.04. The summed E-state index contributed by atoms with van der Waals surface area (Å²) in [5, 5.41) is 0. The molecule has 2 aromatic rings. The van der Waals surface area contributed by atoms with Crippen LogP contribution in [0.5, 0.6) is 5.75 Å². The summed E-state index contributed by atoms with van der Waals surface area (Å²) in [6.07, 6.45) is 4.04. The number of hydrogen-bond acceptors (Lipinski definition) is 5. The largest absolute Gasteiger partial charge is 0.494 e. The quantitative estimate of drug-likeness (QED) is 0.779. The highest BCUT2D eigenvalue weighted by molar-refractivity contribution is 5.97. The first-order chi connectivity index (χ1) is 14.2. The molecule has 2 aliphatic heterocycles. The van der Waals surface area contributed by atoms with Crippen LogP contribution in [0.1, 0.15) is 40.5 Å². The Morgan fingerprint density at radius 2 is 1.97 bits per heavy atom. The van der Waals surface area contributed by atoms with Crippen LogP contribution >= 0.6 is 0 Å². The highest BCUT2D eigenvalue weighted by atomic mass is 16.5. The first kappa shape index (κ1) is 19.9. The van der Waals surface area contributed by atoms with Crippen molar-refractivity contribution in [3.63, 3.8) is 0 Å². The molecule has 0 radical (unpaired) electrons. The Balaban J connectivity index is 1.68. The van der Waals surface area contributed by atoms with Gasteiger partial charge in [-0.1, -0.05) is 30.3 Å².